The number of rotatable bonds is 4. The minimum atomic E-state index is 0.291. The van der Waals surface area contributed by atoms with Gasteiger partial charge in [0.05, 0.1) is 19.0 Å². The largest absolute Gasteiger partial charge is 0.481 e. The summed E-state index contributed by atoms with van der Waals surface area (Å²) in [5.74, 6) is 1.31. The zero-order chi connectivity index (χ0) is 17.9. The van der Waals surface area contributed by atoms with Crippen LogP contribution in [0.5, 0.6) is 5.88 Å². The topological polar surface area (TPSA) is 45.7 Å². The quantitative estimate of drug-likeness (QED) is 0.850. The summed E-state index contributed by atoms with van der Waals surface area (Å²) in [6, 6.07) is 12.5. The van der Waals surface area contributed by atoms with Crippen molar-refractivity contribution in [1.29, 1.82) is 0 Å². The van der Waals surface area contributed by atoms with E-state index in [1.54, 1.807) is 7.11 Å². The number of anilines is 1. The molecule has 0 radical (unpaired) electrons. The Morgan fingerprint density at radius 2 is 1.96 bits per heavy atom. The van der Waals surface area contributed by atoms with Crippen LogP contribution in [0, 0.1) is 0 Å². The van der Waals surface area contributed by atoms with Crippen molar-refractivity contribution in [3.8, 4) is 5.88 Å². The van der Waals surface area contributed by atoms with Gasteiger partial charge in [-0.05, 0) is 36.0 Å². The highest BCUT2D eigenvalue weighted by Gasteiger charge is 2.28. The lowest BCUT2D eigenvalue weighted by Gasteiger charge is -2.36. The van der Waals surface area contributed by atoms with Gasteiger partial charge in [0.2, 0.25) is 11.8 Å². The van der Waals surface area contributed by atoms with Gasteiger partial charge in [-0.2, -0.15) is 0 Å². The van der Waals surface area contributed by atoms with E-state index in [-0.39, 0.29) is 0 Å². The molecule has 1 aliphatic carbocycles. The first-order chi connectivity index (χ1) is 12.7. The Morgan fingerprint density at radius 1 is 1.15 bits per heavy atom. The van der Waals surface area contributed by atoms with E-state index < -0.39 is 0 Å². The third-order valence-corrected chi connectivity index (χ3v) is 5.61. The summed E-state index contributed by atoms with van der Waals surface area (Å²) in [6.45, 7) is 3.25. The van der Waals surface area contributed by atoms with Crippen molar-refractivity contribution in [3.05, 3.63) is 53.7 Å². The summed E-state index contributed by atoms with van der Waals surface area (Å²) in [4.78, 5) is 21.3. The number of pyridine rings is 1. The first kappa shape index (κ1) is 16.9. The molecule has 1 atom stereocenters. The van der Waals surface area contributed by atoms with Crippen LogP contribution in [0.15, 0.2) is 42.6 Å². The number of hydrogen-bond donors (Lipinski definition) is 0. The van der Waals surface area contributed by atoms with Crippen LogP contribution in [0.25, 0.3) is 0 Å². The lowest BCUT2D eigenvalue weighted by molar-refractivity contribution is -0.131. The van der Waals surface area contributed by atoms with Gasteiger partial charge in [0.25, 0.3) is 0 Å². The predicted molar refractivity (Wildman–Crippen MR) is 102 cm³/mol. The van der Waals surface area contributed by atoms with E-state index >= 15 is 0 Å². The molecule has 0 saturated carbocycles. The summed E-state index contributed by atoms with van der Waals surface area (Å²) in [5.41, 5.74) is 3.88. The van der Waals surface area contributed by atoms with E-state index in [1.165, 1.54) is 11.1 Å². The molecular formula is C21H25N3O2. The highest BCUT2D eigenvalue weighted by atomic mass is 16.5. The van der Waals surface area contributed by atoms with Gasteiger partial charge in [-0.3, -0.25) is 4.79 Å². The second kappa shape index (κ2) is 7.36. The molecular weight excluding hydrogens is 326 g/mol. The van der Waals surface area contributed by atoms with Crippen molar-refractivity contribution < 1.29 is 9.53 Å². The van der Waals surface area contributed by atoms with E-state index in [9.17, 15) is 4.79 Å². The molecule has 1 fully saturated rings. The van der Waals surface area contributed by atoms with Gasteiger partial charge in [0.15, 0.2) is 0 Å². The summed E-state index contributed by atoms with van der Waals surface area (Å²) < 4.78 is 5.11. The van der Waals surface area contributed by atoms with Crippen molar-refractivity contribution in [2.24, 2.45) is 0 Å². The number of aromatic nitrogens is 1. The minimum Gasteiger partial charge on any atom is -0.481 e. The van der Waals surface area contributed by atoms with Crippen LogP contribution in [0.1, 0.15) is 29.9 Å². The number of amides is 1. The molecule has 0 bridgehead atoms. The Morgan fingerprint density at radius 3 is 2.69 bits per heavy atom. The molecule has 1 aliphatic heterocycles. The van der Waals surface area contributed by atoms with Gasteiger partial charge in [-0.25, -0.2) is 4.98 Å². The van der Waals surface area contributed by atoms with E-state index in [1.807, 2.05) is 23.2 Å². The molecule has 136 valence electrons. The molecule has 1 aromatic heterocycles. The molecule has 5 nitrogen and oxygen atoms in total. The molecule has 0 N–H and O–H groups in total. The van der Waals surface area contributed by atoms with Crippen LogP contribution in [0.3, 0.4) is 0 Å². The molecule has 5 heteroatoms. The van der Waals surface area contributed by atoms with Crippen LogP contribution in [0.2, 0.25) is 0 Å². The van der Waals surface area contributed by atoms with E-state index in [4.69, 9.17) is 4.74 Å². The lowest BCUT2D eigenvalue weighted by atomic mass is 9.97. The molecule has 1 amide bonds. The van der Waals surface area contributed by atoms with Crippen LogP contribution >= 0.6 is 0 Å². The second-order valence-electron chi connectivity index (χ2n) is 7.07. The van der Waals surface area contributed by atoms with Gasteiger partial charge in [-0.15, -0.1) is 0 Å². The summed E-state index contributed by atoms with van der Waals surface area (Å²) in [6.07, 6.45) is 4.68. The third-order valence-electron chi connectivity index (χ3n) is 5.61. The summed E-state index contributed by atoms with van der Waals surface area (Å²) >= 11 is 0. The zero-order valence-corrected chi connectivity index (χ0v) is 15.2. The molecule has 1 saturated heterocycles. The number of hydrogen-bond acceptors (Lipinski definition) is 4. The van der Waals surface area contributed by atoms with Crippen molar-refractivity contribution in [2.75, 3.05) is 38.2 Å². The van der Waals surface area contributed by atoms with Crippen LogP contribution in [0.4, 0.5) is 5.69 Å². The number of nitrogens with zero attached hydrogens (tertiary/aromatic N) is 3. The number of benzene rings is 1. The van der Waals surface area contributed by atoms with Gasteiger partial charge < -0.3 is 14.5 Å². The normalized spacial score (nSPS) is 19.3. The van der Waals surface area contributed by atoms with Crippen molar-refractivity contribution in [3.63, 3.8) is 0 Å². The van der Waals surface area contributed by atoms with E-state index in [2.05, 4.69) is 34.1 Å². The maximum Gasteiger partial charge on any atom is 0.223 e. The number of ether oxygens (including phenoxy) is 1. The van der Waals surface area contributed by atoms with Crippen LogP contribution in [-0.2, 0) is 11.2 Å². The Balaban J connectivity index is 1.32. The molecule has 2 heterocycles. The van der Waals surface area contributed by atoms with Gasteiger partial charge in [0, 0.05) is 38.7 Å². The number of piperazine rings is 1. The fraction of sp³-hybridized carbons (Fsp3) is 0.429. The van der Waals surface area contributed by atoms with Gasteiger partial charge in [0.1, 0.15) is 0 Å². The third kappa shape index (κ3) is 3.39. The average molecular weight is 351 g/mol. The Labute approximate surface area is 154 Å². The number of methoxy groups -OCH3 is 1. The van der Waals surface area contributed by atoms with Gasteiger partial charge >= 0.3 is 0 Å². The lowest BCUT2D eigenvalue weighted by Crippen LogP contribution is -2.49. The highest BCUT2D eigenvalue weighted by molar-refractivity contribution is 5.77. The van der Waals surface area contributed by atoms with E-state index in [0.717, 1.165) is 44.7 Å². The Hall–Kier alpha value is -2.56. The SMILES string of the molecule is COc1ccc(N2CCN(C(=O)CC3CCc4ccccc43)CC2)cn1. The molecule has 26 heavy (non-hydrogen) atoms. The zero-order valence-electron chi connectivity index (χ0n) is 15.2. The fourth-order valence-electron chi connectivity index (χ4n) is 4.09. The summed E-state index contributed by atoms with van der Waals surface area (Å²) in [5, 5.41) is 0. The maximum absolute atomic E-state index is 12.8. The maximum atomic E-state index is 12.8. The van der Waals surface area contributed by atoms with Crippen LogP contribution in [-0.4, -0.2) is 49.1 Å². The summed E-state index contributed by atoms with van der Waals surface area (Å²) in [7, 11) is 1.62. The van der Waals surface area contributed by atoms with Crippen molar-refractivity contribution in [2.45, 2.75) is 25.2 Å². The number of aryl methyl sites for hydroxylation is 1. The highest BCUT2D eigenvalue weighted by Crippen LogP contribution is 2.35. The first-order valence-corrected chi connectivity index (χ1v) is 9.35. The Kier molecular flexibility index (Phi) is 4.78. The standard InChI is InChI=1S/C21H25N3O2/c1-26-20-9-8-18(15-22-20)23-10-12-24(13-11-23)21(25)14-17-7-6-16-4-2-3-5-19(16)17/h2-5,8-9,15,17H,6-7,10-14H2,1H3. The number of fused-ring (bicyclic) bond motifs is 1. The van der Waals surface area contributed by atoms with Gasteiger partial charge in [-0.1, -0.05) is 24.3 Å². The smallest absolute Gasteiger partial charge is 0.223 e. The van der Waals surface area contributed by atoms with E-state index in [0.29, 0.717) is 24.1 Å². The number of carbonyl (C=O) groups excluding carboxylic acids is 1. The Bertz CT molecular complexity index is 767. The molecule has 0 spiro atoms. The molecule has 2 aliphatic rings. The first-order valence-electron chi connectivity index (χ1n) is 9.35. The molecule has 1 aromatic carbocycles. The monoisotopic (exact) mass is 351 g/mol. The molecule has 2 aromatic rings. The van der Waals surface area contributed by atoms with Crippen LogP contribution < -0.4 is 9.64 Å². The number of carbonyl (C=O) groups is 1. The molecule has 1 unspecified atom stereocenters. The van der Waals surface area contributed by atoms with Crippen molar-refractivity contribution in [1.82, 2.24) is 9.88 Å². The average Bonchev–Trinajstić information content (AvgIpc) is 3.11. The predicted octanol–water partition coefficient (Wildman–Crippen LogP) is 2.86. The molecule has 4 rings (SSSR count). The second-order valence-corrected chi connectivity index (χ2v) is 7.07. The minimum absolute atomic E-state index is 0.291. The fourth-order valence-corrected chi connectivity index (χ4v) is 4.09. The van der Waals surface area contributed by atoms with Crippen molar-refractivity contribution >= 4 is 11.6 Å².